The highest BCUT2D eigenvalue weighted by atomic mass is 16.6. The van der Waals surface area contributed by atoms with Gasteiger partial charge < -0.3 is 37.9 Å². The first-order valence-corrected chi connectivity index (χ1v) is 17.8. The minimum absolute atomic E-state index is 0.239. The molecule has 7 rings (SSSR count). The van der Waals surface area contributed by atoms with E-state index in [1.807, 2.05) is 72.8 Å². The number of benzene rings is 5. The zero-order valence-corrected chi connectivity index (χ0v) is 30.3. The van der Waals surface area contributed by atoms with Gasteiger partial charge >= 0.3 is 0 Å². The van der Waals surface area contributed by atoms with E-state index in [2.05, 4.69) is 52.0 Å². The van der Waals surface area contributed by atoms with Crippen molar-refractivity contribution < 1.29 is 37.9 Å². The molecule has 0 N–H and O–H groups in total. The van der Waals surface area contributed by atoms with E-state index in [4.69, 9.17) is 37.9 Å². The summed E-state index contributed by atoms with van der Waals surface area (Å²) in [5.74, 6) is 4.84. The number of hydrogen-bond acceptors (Lipinski definition) is 8. The summed E-state index contributed by atoms with van der Waals surface area (Å²) < 4.78 is 46.3. The standard InChI is InChI=1S/C44H46O8/c1-29-31(3)35(23-47-39-13-17-41(18-14-39)49-25-43-27-51-43)7-5-33(29)21-45-37-9-11-38(12-10-37)46-22-34-6-8-36(32(4)30(34)2)24-48-40-15-19-42(20-16-40)50-26-44-28-52-44/h5-20,43-44H,21-28H2,1-4H3. The lowest BCUT2D eigenvalue weighted by Crippen LogP contribution is -2.05. The number of ether oxygens (including phenoxy) is 8. The predicted molar refractivity (Wildman–Crippen MR) is 199 cm³/mol. The van der Waals surface area contributed by atoms with Crippen molar-refractivity contribution in [3.05, 3.63) is 142 Å². The summed E-state index contributed by atoms with van der Waals surface area (Å²) in [5, 5.41) is 0. The van der Waals surface area contributed by atoms with Gasteiger partial charge in [-0.3, -0.25) is 0 Å². The van der Waals surface area contributed by atoms with Crippen molar-refractivity contribution in [1.82, 2.24) is 0 Å². The molecule has 2 unspecified atom stereocenters. The van der Waals surface area contributed by atoms with Crippen LogP contribution in [0.5, 0.6) is 34.5 Å². The topological polar surface area (TPSA) is 80.4 Å². The molecule has 0 saturated carbocycles. The Hall–Kier alpha value is -5.18. The molecule has 5 aromatic rings. The molecule has 2 heterocycles. The van der Waals surface area contributed by atoms with Gasteiger partial charge in [-0.15, -0.1) is 0 Å². The molecule has 2 fully saturated rings. The first-order valence-electron chi connectivity index (χ1n) is 17.8. The molecule has 0 radical (unpaired) electrons. The van der Waals surface area contributed by atoms with E-state index in [1.165, 1.54) is 22.3 Å². The van der Waals surface area contributed by atoms with Gasteiger partial charge in [0.1, 0.15) is 86.3 Å². The molecule has 0 aliphatic carbocycles. The molecule has 0 bridgehead atoms. The number of hydrogen-bond donors (Lipinski definition) is 0. The molecule has 0 spiro atoms. The van der Waals surface area contributed by atoms with E-state index in [9.17, 15) is 0 Å². The van der Waals surface area contributed by atoms with Gasteiger partial charge in [-0.25, -0.2) is 0 Å². The van der Waals surface area contributed by atoms with Gasteiger partial charge in [-0.1, -0.05) is 24.3 Å². The van der Waals surface area contributed by atoms with Crippen LogP contribution in [0.25, 0.3) is 0 Å². The average Bonchev–Trinajstić information content (AvgIpc) is 4.11. The van der Waals surface area contributed by atoms with Gasteiger partial charge in [0.05, 0.1) is 13.2 Å². The minimum atomic E-state index is 0.239. The Morgan fingerprint density at radius 1 is 0.365 bits per heavy atom. The summed E-state index contributed by atoms with van der Waals surface area (Å²) in [5.41, 5.74) is 9.40. The second-order valence-electron chi connectivity index (χ2n) is 13.4. The Kier molecular flexibility index (Phi) is 11.1. The van der Waals surface area contributed by atoms with Gasteiger partial charge in [0.25, 0.3) is 0 Å². The maximum atomic E-state index is 6.17. The smallest absolute Gasteiger partial charge is 0.120 e. The van der Waals surface area contributed by atoms with E-state index < -0.39 is 0 Å². The van der Waals surface area contributed by atoms with Crippen molar-refractivity contribution in [3.63, 3.8) is 0 Å². The van der Waals surface area contributed by atoms with Crippen LogP contribution in [-0.4, -0.2) is 38.6 Å². The first kappa shape index (κ1) is 35.2. The quantitative estimate of drug-likeness (QED) is 0.0839. The first-order chi connectivity index (χ1) is 25.4. The van der Waals surface area contributed by atoms with Crippen LogP contribution in [0.2, 0.25) is 0 Å². The highest BCUT2D eigenvalue weighted by Gasteiger charge is 2.23. The molecular formula is C44H46O8. The Morgan fingerprint density at radius 3 is 0.788 bits per heavy atom. The third-order valence-corrected chi connectivity index (χ3v) is 9.75. The highest BCUT2D eigenvalue weighted by molar-refractivity contribution is 5.42. The molecule has 2 atom stereocenters. The van der Waals surface area contributed by atoms with E-state index in [0.29, 0.717) is 39.6 Å². The maximum Gasteiger partial charge on any atom is 0.120 e. The minimum Gasteiger partial charge on any atom is -0.491 e. The van der Waals surface area contributed by atoms with Crippen molar-refractivity contribution in [2.45, 2.75) is 66.3 Å². The number of epoxide rings is 2. The Bertz CT molecular complexity index is 1790. The molecule has 52 heavy (non-hydrogen) atoms. The molecule has 0 amide bonds. The molecule has 2 aliphatic rings. The van der Waals surface area contributed by atoms with Crippen LogP contribution < -0.4 is 28.4 Å². The normalized spacial score (nSPS) is 15.8. The van der Waals surface area contributed by atoms with E-state index in [0.717, 1.165) is 70.0 Å². The molecule has 8 heteroatoms. The summed E-state index contributed by atoms with van der Waals surface area (Å²) in [6.45, 7) is 13.2. The van der Waals surface area contributed by atoms with Crippen LogP contribution in [0, 0.1) is 27.7 Å². The zero-order chi connectivity index (χ0) is 35.9. The van der Waals surface area contributed by atoms with Crippen molar-refractivity contribution in [2.75, 3.05) is 26.4 Å². The summed E-state index contributed by atoms with van der Waals surface area (Å²) in [6.07, 6.45) is 0.478. The Balaban J connectivity index is 0.852. The van der Waals surface area contributed by atoms with Crippen LogP contribution in [0.3, 0.4) is 0 Å². The average molecular weight is 703 g/mol. The van der Waals surface area contributed by atoms with Crippen LogP contribution in [0.15, 0.2) is 97.1 Å². The third kappa shape index (κ3) is 9.57. The van der Waals surface area contributed by atoms with E-state index in [-0.39, 0.29) is 12.2 Å². The van der Waals surface area contributed by atoms with Crippen molar-refractivity contribution in [2.24, 2.45) is 0 Å². The fourth-order valence-electron chi connectivity index (χ4n) is 5.74. The summed E-state index contributed by atoms with van der Waals surface area (Å²) in [7, 11) is 0. The predicted octanol–water partition coefficient (Wildman–Crippen LogP) is 8.79. The molecule has 2 saturated heterocycles. The second kappa shape index (κ2) is 16.4. The van der Waals surface area contributed by atoms with Crippen LogP contribution in [0.4, 0.5) is 0 Å². The van der Waals surface area contributed by atoms with Crippen LogP contribution in [-0.2, 0) is 35.9 Å². The van der Waals surface area contributed by atoms with Gasteiger partial charge in [0, 0.05) is 0 Å². The molecule has 0 aromatic heterocycles. The summed E-state index contributed by atoms with van der Waals surface area (Å²) in [4.78, 5) is 0. The van der Waals surface area contributed by atoms with Crippen molar-refractivity contribution in [1.29, 1.82) is 0 Å². The largest absolute Gasteiger partial charge is 0.491 e. The maximum absolute atomic E-state index is 6.17. The fourth-order valence-corrected chi connectivity index (χ4v) is 5.74. The second-order valence-corrected chi connectivity index (χ2v) is 13.4. The van der Waals surface area contributed by atoms with Gasteiger partial charge in [-0.05, 0) is 145 Å². The lowest BCUT2D eigenvalue weighted by Gasteiger charge is -2.16. The van der Waals surface area contributed by atoms with Gasteiger partial charge in [0.15, 0.2) is 0 Å². The number of rotatable bonds is 18. The van der Waals surface area contributed by atoms with Crippen molar-refractivity contribution in [3.8, 4) is 34.5 Å². The summed E-state index contributed by atoms with van der Waals surface area (Å²) >= 11 is 0. The van der Waals surface area contributed by atoms with E-state index in [1.54, 1.807) is 0 Å². The molecule has 2 aliphatic heterocycles. The molecular weight excluding hydrogens is 656 g/mol. The summed E-state index contributed by atoms with van der Waals surface area (Å²) in [6, 6.07) is 31.8. The molecule has 270 valence electrons. The van der Waals surface area contributed by atoms with E-state index >= 15 is 0 Å². The van der Waals surface area contributed by atoms with Crippen LogP contribution in [0.1, 0.15) is 44.5 Å². The molecule has 8 nitrogen and oxygen atoms in total. The zero-order valence-electron chi connectivity index (χ0n) is 30.3. The highest BCUT2D eigenvalue weighted by Crippen LogP contribution is 2.27. The lowest BCUT2D eigenvalue weighted by atomic mass is 9.99. The Morgan fingerprint density at radius 2 is 0.577 bits per heavy atom. The van der Waals surface area contributed by atoms with Crippen LogP contribution >= 0.6 is 0 Å². The van der Waals surface area contributed by atoms with Gasteiger partial charge in [-0.2, -0.15) is 0 Å². The monoisotopic (exact) mass is 702 g/mol. The third-order valence-electron chi connectivity index (χ3n) is 9.75. The van der Waals surface area contributed by atoms with Crippen molar-refractivity contribution >= 4 is 0 Å². The Labute approximate surface area is 306 Å². The molecule has 5 aromatic carbocycles. The fraction of sp³-hybridized carbons (Fsp3) is 0.318. The SMILES string of the molecule is Cc1c(COc2ccc(OCc3ccc(COc4ccc(OCC5CO5)cc4)c(C)c3C)cc2)ccc(COc2ccc(OCC3CO3)cc2)c1C. The van der Waals surface area contributed by atoms with Gasteiger partial charge in [0.2, 0.25) is 0 Å². The lowest BCUT2D eigenvalue weighted by molar-refractivity contribution is 0.262.